The zero-order valence-corrected chi connectivity index (χ0v) is 20.7. The van der Waals surface area contributed by atoms with Crippen LogP contribution in [0.1, 0.15) is 50.5 Å². The smallest absolute Gasteiger partial charge is 0.324 e. The molecule has 2 aliphatic carbocycles. The molecule has 0 spiro atoms. The maximum absolute atomic E-state index is 13.6. The molecule has 2 aromatic heterocycles. The molecule has 3 heterocycles. The lowest BCUT2D eigenvalue weighted by Crippen LogP contribution is -2.70. The van der Waals surface area contributed by atoms with Crippen LogP contribution in [0.3, 0.4) is 0 Å². The normalized spacial score (nSPS) is 23.0. The van der Waals surface area contributed by atoms with Gasteiger partial charge in [0.2, 0.25) is 5.91 Å². The van der Waals surface area contributed by atoms with E-state index in [1.165, 1.54) is 37.0 Å². The van der Waals surface area contributed by atoms with Crippen LogP contribution in [0.25, 0.3) is 0 Å². The molecule has 3 aliphatic rings. The van der Waals surface area contributed by atoms with Gasteiger partial charge in [-0.25, -0.2) is 9.78 Å². The van der Waals surface area contributed by atoms with Crippen molar-refractivity contribution in [2.45, 2.75) is 57.4 Å². The lowest BCUT2D eigenvalue weighted by atomic mass is 9.77. The van der Waals surface area contributed by atoms with Gasteiger partial charge >= 0.3 is 6.03 Å². The number of likely N-dealkylation sites (tertiary alicyclic amines) is 1. The van der Waals surface area contributed by atoms with E-state index in [1.807, 2.05) is 0 Å². The Bertz CT molecular complexity index is 1130. The summed E-state index contributed by atoms with van der Waals surface area (Å²) in [6.45, 7) is 0.562. The van der Waals surface area contributed by atoms with E-state index in [-0.39, 0.29) is 17.2 Å². The molecule has 5 rings (SSSR count). The Balaban J connectivity index is 1.32. The highest BCUT2D eigenvalue weighted by Gasteiger charge is 2.56. The van der Waals surface area contributed by atoms with Crippen molar-refractivity contribution >= 4 is 29.4 Å². The number of carbonyl (C=O) groups excluding carboxylic acids is 3. The molecule has 2 aromatic rings. The van der Waals surface area contributed by atoms with Gasteiger partial charge in [-0.2, -0.15) is 0 Å². The number of amides is 4. The number of nitrogens with zero attached hydrogens (tertiary/aromatic N) is 4. The van der Waals surface area contributed by atoms with Crippen LogP contribution < -0.4 is 16.0 Å². The third kappa shape index (κ3) is 4.66. The molecule has 3 fully saturated rings. The third-order valence-corrected chi connectivity index (χ3v) is 8.32. The molecule has 0 aromatic carbocycles. The quantitative estimate of drug-likeness (QED) is 0.575. The van der Waals surface area contributed by atoms with Gasteiger partial charge in [0, 0.05) is 37.9 Å². The van der Waals surface area contributed by atoms with Crippen molar-refractivity contribution in [1.82, 2.24) is 20.2 Å². The van der Waals surface area contributed by atoms with E-state index < -0.39 is 18.0 Å². The number of hydrogen-bond acceptors (Lipinski definition) is 6. The molecule has 1 saturated heterocycles. The number of rotatable bonds is 7. The Morgan fingerprint density at radius 2 is 1.86 bits per heavy atom. The van der Waals surface area contributed by atoms with Crippen molar-refractivity contribution in [2.24, 2.45) is 17.3 Å². The van der Waals surface area contributed by atoms with Gasteiger partial charge in [-0.3, -0.25) is 19.5 Å². The van der Waals surface area contributed by atoms with E-state index in [4.69, 9.17) is 5.73 Å². The molecule has 1 aliphatic heterocycles. The third-order valence-electron chi connectivity index (χ3n) is 8.32. The topological polar surface area (TPSA) is 122 Å². The number of aromatic nitrogens is 2. The molecule has 0 radical (unpaired) electrons. The second-order valence-corrected chi connectivity index (χ2v) is 10.5. The molecule has 9 heteroatoms. The second-order valence-electron chi connectivity index (χ2n) is 10.5. The number of urea groups is 1. The van der Waals surface area contributed by atoms with Gasteiger partial charge in [0.1, 0.15) is 11.9 Å². The summed E-state index contributed by atoms with van der Waals surface area (Å²) in [7, 11) is 1.65. The summed E-state index contributed by atoms with van der Waals surface area (Å²) in [6.07, 6.45) is 13.6. The second kappa shape index (κ2) is 9.87. The van der Waals surface area contributed by atoms with Crippen molar-refractivity contribution in [3.63, 3.8) is 0 Å². The number of nitrogens with one attached hydrogen (secondary N) is 1. The average Bonchev–Trinajstić information content (AvgIpc) is 3.70. The van der Waals surface area contributed by atoms with Crippen LogP contribution in [0.2, 0.25) is 0 Å². The Morgan fingerprint density at radius 1 is 1.14 bits per heavy atom. The summed E-state index contributed by atoms with van der Waals surface area (Å²) in [5.41, 5.74) is 7.43. The van der Waals surface area contributed by atoms with Crippen LogP contribution in [-0.4, -0.2) is 52.3 Å². The number of hydrogen-bond donors (Lipinski definition) is 2. The summed E-state index contributed by atoms with van der Waals surface area (Å²) in [4.78, 5) is 50.8. The zero-order valence-electron chi connectivity index (χ0n) is 20.7. The zero-order chi connectivity index (χ0) is 25.3. The Hall–Kier alpha value is -3.49. The molecular formula is C27H34N6O3. The highest BCUT2D eigenvalue weighted by atomic mass is 16.2. The van der Waals surface area contributed by atoms with Crippen LogP contribution in [-0.2, 0) is 16.0 Å². The van der Waals surface area contributed by atoms with Gasteiger partial charge in [-0.15, -0.1) is 0 Å². The van der Waals surface area contributed by atoms with Gasteiger partial charge in [0.05, 0.1) is 5.92 Å². The fourth-order valence-corrected chi connectivity index (χ4v) is 5.97. The molecule has 2 saturated carbocycles. The fraction of sp³-hybridized carbons (Fsp3) is 0.519. The van der Waals surface area contributed by atoms with E-state index in [9.17, 15) is 14.4 Å². The highest BCUT2D eigenvalue weighted by Crippen LogP contribution is 2.56. The van der Waals surface area contributed by atoms with Crippen LogP contribution >= 0.6 is 0 Å². The van der Waals surface area contributed by atoms with Crippen LogP contribution in [0.5, 0.6) is 0 Å². The lowest BCUT2D eigenvalue weighted by molar-refractivity contribution is -0.156. The van der Waals surface area contributed by atoms with E-state index in [2.05, 4.69) is 15.3 Å². The number of imide groups is 1. The van der Waals surface area contributed by atoms with E-state index >= 15 is 0 Å². The average molecular weight is 491 g/mol. The van der Waals surface area contributed by atoms with Crippen LogP contribution in [0, 0.1) is 17.3 Å². The number of pyridine rings is 2. The first-order chi connectivity index (χ1) is 17.4. The number of anilines is 2. The van der Waals surface area contributed by atoms with Crippen molar-refractivity contribution in [3.05, 3.63) is 48.4 Å². The summed E-state index contributed by atoms with van der Waals surface area (Å²) < 4.78 is 0. The highest BCUT2D eigenvalue weighted by molar-refractivity contribution is 6.12. The Kier molecular flexibility index (Phi) is 6.64. The van der Waals surface area contributed by atoms with Crippen molar-refractivity contribution < 1.29 is 14.4 Å². The van der Waals surface area contributed by atoms with Crippen molar-refractivity contribution in [3.8, 4) is 0 Å². The van der Waals surface area contributed by atoms with Crippen LogP contribution in [0.4, 0.5) is 16.3 Å². The molecular weight excluding hydrogens is 456 g/mol. The number of β-lactam (4-membered cyclic amide) rings is 1. The minimum atomic E-state index is -0.894. The first-order valence-corrected chi connectivity index (χ1v) is 12.9. The maximum atomic E-state index is 13.6. The first-order valence-electron chi connectivity index (χ1n) is 12.9. The van der Waals surface area contributed by atoms with E-state index in [1.54, 1.807) is 49.9 Å². The summed E-state index contributed by atoms with van der Waals surface area (Å²) in [6, 6.07) is 5.56. The summed E-state index contributed by atoms with van der Waals surface area (Å²) >= 11 is 0. The minimum Gasteiger partial charge on any atom is -0.384 e. The van der Waals surface area contributed by atoms with E-state index in [0.717, 1.165) is 23.3 Å². The monoisotopic (exact) mass is 490 g/mol. The first kappa shape index (κ1) is 24.2. The SMILES string of the molecule is CN(C(=O)[C@@H]1[C@@H](Cc2ccnc(N)c2)C(=O)N1C(=O)NCC1(C2CCCCC2)CC1)c1ccncc1. The minimum absolute atomic E-state index is 0.158. The molecule has 9 nitrogen and oxygen atoms in total. The molecule has 3 N–H and O–H groups in total. The molecule has 2 atom stereocenters. The number of likely N-dealkylation sites (N-methyl/N-ethyl adjacent to an activating group) is 1. The van der Waals surface area contributed by atoms with Gasteiger partial charge in [-0.1, -0.05) is 19.3 Å². The Labute approximate surface area is 211 Å². The standard InChI is InChI=1S/C27H34N6O3/c1-32(20-8-12-29-13-9-20)25(35)23-21(15-18-7-14-30-22(28)16-18)24(34)33(23)26(36)31-17-27(10-11-27)19-5-3-2-4-6-19/h7-9,12-14,16,19,21,23H,2-6,10-11,15,17H2,1H3,(H2,28,30)(H,31,36)/t21-,23+/m1/s1. The lowest BCUT2D eigenvalue weighted by Gasteiger charge is -2.46. The van der Waals surface area contributed by atoms with Crippen molar-refractivity contribution in [2.75, 3.05) is 24.2 Å². The van der Waals surface area contributed by atoms with Gasteiger partial charge in [0.15, 0.2) is 0 Å². The number of nitrogens with two attached hydrogens (primary N) is 1. The maximum Gasteiger partial charge on any atom is 0.324 e. The van der Waals surface area contributed by atoms with Crippen LogP contribution in [0.15, 0.2) is 42.9 Å². The predicted octanol–water partition coefficient (Wildman–Crippen LogP) is 3.16. The van der Waals surface area contributed by atoms with Gasteiger partial charge in [-0.05, 0) is 73.3 Å². The summed E-state index contributed by atoms with van der Waals surface area (Å²) in [5.74, 6) is -0.312. The fourth-order valence-electron chi connectivity index (χ4n) is 5.97. The van der Waals surface area contributed by atoms with Gasteiger partial charge < -0.3 is 16.0 Å². The Morgan fingerprint density at radius 3 is 2.53 bits per heavy atom. The van der Waals surface area contributed by atoms with Gasteiger partial charge in [0.25, 0.3) is 5.91 Å². The molecule has 190 valence electrons. The molecule has 4 amide bonds. The number of nitrogen functional groups attached to an aromatic ring is 1. The molecule has 0 unspecified atom stereocenters. The molecule has 36 heavy (non-hydrogen) atoms. The largest absolute Gasteiger partial charge is 0.384 e. The predicted molar refractivity (Wildman–Crippen MR) is 136 cm³/mol. The summed E-state index contributed by atoms with van der Waals surface area (Å²) in [5, 5.41) is 3.03. The molecule has 0 bridgehead atoms. The van der Waals surface area contributed by atoms with Crippen molar-refractivity contribution in [1.29, 1.82) is 0 Å². The number of carbonyl (C=O) groups is 3. The van der Waals surface area contributed by atoms with E-state index in [0.29, 0.717) is 30.4 Å².